The highest BCUT2D eigenvalue weighted by molar-refractivity contribution is 5.77. The number of hydrogen-bond acceptors (Lipinski definition) is 3. The zero-order valence-corrected chi connectivity index (χ0v) is 15.4. The van der Waals surface area contributed by atoms with E-state index in [1.165, 1.54) is 11.0 Å². The lowest BCUT2D eigenvalue weighted by molar-refractivity contribution is -0.135. The summed E-state index contributed by atoms with van der Waals surface area (Å²) in [6.07, 6.45) is 1.55. The van der Waals surface area contributed by atoms with Crippen molar-refractivity contribution in [3.8, 4) is 5.75 Å². The van der Waals surface area contributed by atoms with E-state index in [9.17, 15) is 9.18 Å². The highest BCUT2D eigenvalue weighted by Gasteiger charge is 2.18. The van der Waals surface area contributed by atoms with Gasteiger partial charge in [0.15, 0.2) is 6.61 Å². The van der Waals surface area contributed by atoms with E-state index in [1.807, 2.05) is 32.0 Å². The van der Waals surface area contributed by atoms with Crippen LogP contribution in [0.15, 0.2) is 65.3 Å². The second-order valence-electron chi connectivity index (χ2n) is 6.53. The molecule has 0 N–H and O–H groups in total. The van der Waals surface area contributed by atoms with Crippen LogP contribution in [0.25, 0.3) is 0 Å². The highest BCUT2D eigenvalue weighted by atomic mass is 19.1. The lowest BCUT2D eigenvalue weighted by Gasteiger charge is -2.22. The normalized spacial score (nSPS) is 10.6. The van der Waals surface area contributed by atoms with Gasteiger partial charge in [0.25, 0.3) is 5.91 Å². The second kappa shape index (κ2) is 8.54. The fourth-order valence-electron chi connectivity index (χ4n) is 2.91. The van der Waals surface area contributed by atoms with E-state index in [4.69, 9.17) is 9.15 Å². The fourth-order valence-corrected chi connectivity index (χ4v) is 2.91. The molecule has 5 heteroatoms. The monoisotopic (exact) mass is 367 g/mol. The van der Waals surface area contributed by atoms with Crippen molar-refractivity contribution in [1.29, 1.82) is 0 Å². The zero-order chi connectivity index (χ0) is 19.2. The van der Waals surface area contributed by atoms with Gasteiger partial charge in [-0.05, 0) is 55.3 Å². The molecule has 0 unspecified atom stereocenters. The van der Waals surface area contributed by atoms with Crippen LogP contribution in [0.1, 0.15) is 22.5 Å². The predicted molar refractivity (Wildman–Crippen MR) is 101 cm³/mol. The molecular weight excluding hydrogens is 345 g/mol. The Bertz CT molecular complexity index is 885. The van der Waals surface area contributed by atoms with Crippen LogP contribution in [0.3, 0.4) is 0 Å². The fraction of sp³-hybridized carbons (Fsp3) is 0.227. The Balaban J connectivity index is 1.72. The number of amides is 1. The molecule has 0 aliphatic heterocycles. The summed E-state index contributed by atoms with van der Waals surface area (Å²) in [5, 5.41) is 0. The maximum atomic E-state index is 14.0. The Morgan fingerprint density at radius 1 is 1.04 bits per heavy atom. The molecule has 1 aromatic heterocycles. The van der Waals surface area contributed by atoms with Crippen molar-refractivity contribution in [2.24, 2.45) is 0 Å². The lowest BCUT2D eigenvalue weighted by Crippen LogP contribution is -2.34. The molecule has 4 nitrogen and oxygen atoms in total. The maximum absolute atomic E-state index is 14.0. The molecule has 0 spiro atoms. The molecule has 140 valence electrons. The third-order valence-corrected chi connectivity index (χ3v) is 4.16. The molecule has 2 aromatic carbocycles. The van der Waals surface area contributed by atoms with Crippen LogP contribution < -0.4 is 4.74 Å². The molecule has 0 atom stereocenters. The van der Waals surface area contributed by atoms with E-state index < -0.39 is 0 Å². The number of halogens is 1. The van der Waals surface area contributed by atoms with Crippen LogP contribution in [0, 0.1) is 19.7 Å². The first kappa shape index (κ1) is 18.7. The number of hydrogen-bond donors (Lipinski definition) is 0. The molecule has 0 aliphatic rings. The van der Waals surface area contributed by atoms with Crippen molar-refractivity contribution in [2.75, 3.05) is 6.61 Å². The second-order valence-corrected chi connectivity index (χ2v) is 6.53. The number of ether oxygens (including phenoxy) is 1. The average Bonchev–Trinajstić information content (AvgIpc) is 3.13. The standard InChI is InChI=1S/C22H22FNO3/c1-16-10-17(2)12-20(11-16)27-15-22(25)24(14-19-7-5-9-26-19)13-18-6-3-4-8-21(18)23/h3-12H,13-15H2,1-2H3. The van der Waals surface area contributed by atoms with Gasteiger partial charge in [0.1, 0.15) is 17.3 Å². The van der Waals surface area contributed by atoms with Crippen LogP contribution in [-0.2, 0) is 17.9 Å². The van der Waals surface area contributed by atoms with Gasteiger partial charge in [-0.1, -0.05) is 24.3 Å². The summed E-state index contributed by atoms with van der Waals surface area (Å²) in [5.74, 6) is 0.689. The molecule has 0 fully saturated rings. The minimum atomic E-state index is -0.343. The summed E-state index contributed by atoms with van der Waals surface area (Å²) < 4.78 is 25.1. The molecule has 0 bridgehead atoms. The van der Waals surface area contributed by atoms with Crippen LogP contribution in [0.5, 0.6) is 5.75 Å². The topological polar surface area (TPSA) is 42.7 Å². The predicted octanol–water partition coefficient (Wildman–Crippen LogP) is 4.64. The first-order valence-corrected chi connectivity index (χ1v) is 8.76. The smallest absolute Gasteiger partial charge is 0.261 e. The molecule has 0 saturated carbocycles. The van der Waals surface area contributed by atoms with Gasteiger partial charge < -0.3 is 14.1 Å². The molecule has 0 saturated heterocycles. The lowest BCUT2D eigenvalue weighted by atomic mass is 10.1. The Morgan fingerprint density at radius 2 is 1.78 bits per heavy atom. The van der Waals surface area contributed by atoms with Crippen LogP contribution in [0.2, 0.25) is 0 Å². The summed E-state index contributed by atoms with van der Waals surface area (Å²) in [6.45, 7) is 4.21. The maximum Gasteiger partial charge on any atom is 0.261 e. The number of benzene rings is 2. The van der Waals surface area contributed by atoms with E-state index in [1.54, 1.807) is 36.6 Å². The number of carbonyl (C=O) groups is 1. The zero-order valence-electron chi connectivity index (χ0n) is 15.4. The molecule has 0 aliphatic carbocycles. The third kappa shape index (κ3) is 5.20. The largest absolute Gasteiger partial charge is 0.484 e. The highest BCUT2D eigenvalue weighted by Crippen LogP contribution is 2.18. The van der Waals surface area contributed by atoms with Crippen LogP contribution >= 0.6 is 0 Å². The van der Waals surface area contributed by atoms with E-state index in [2.05, 4.69) is 0 Å². The molecule has 1 heterocycles. The first-order valence-electron chi connectivity index (χ1n) is 8.76. The molecule has 1 amide bonds. The van der Waals surface area contributed by atoms with Gasteiger partial charge in [-0.15, -0.1) is 0 Å². The van der Waals surface area contributed by atoms with Crippen molar-refractivity contribution >= 4 is 5.91 Å². The van der Waals surface area contributed by atoms with Gasteiger partial charge in [-0.2, -0.15) is 0 Å². The SMILES string of the molecule is Cc1cc(C)cc(OCC(=O)N(Cc2ccco2)Cc2ccccc2F)c1. The Kier molecular flexibility index (Phi) is 5.91. The summed E-state index contributed by atoms with van der Waals surface area (Å²) in [6, 6.07) is 15.8. The summed E-state index contributed by atoms with van der Waals surface area (Å²) >= 11 is 0. The molecule has 0 radical (unpaired) electrons. The number of aryl methyl sites for hydroxylation is 2. The third-order valence-electron chi connectivity index (χ3n) is 4.16. The average molecular weight is 367 g/mol. The van der Waals surface area contributed by atoms with Crippen LogP contribution in [-0.4, -0.2) is 17.4 Å². The van der Waals surface area contributed by atoms with E-state index in [-0.39, 0.29) is 31.4 Å². The number of rotatable bonds is 7. The number of nitrogens with zero attached hydrogens (tertiary/aromatic N) is 1. The van der Waals surface area contributed by atoms with E-state index >= 15 is 0 Å². The van der Waals surface area contributed by atoms with Gasteiger partial charge in [-0.25, -0.2) is 4.39 Å². The minimum absolute atomic E-state index is 0.127. The van der Waals surface area contributed by atoms with Crippen molar-refractivity contribution < 1.29 is 18.3 Å². The molecule has 3 aromatic rings. The first-order chi connectivity index (χ1) is 13.0. The van der Waals surface area contributed by atoms with Crippen molar-refractivity contribution in [1.82, 2.24) is 4.90 Å². The minimum Gasteiger partial charge on any atom is -0.484 e. The van der Waals surface area contributed by atoms with Gasteiger partial charge in [0, 0.05) is 12.1 Å². The van der Waals surface area contributed by atoms with Gasteiger partial charge in [0.2, 0.25) is 0 Å². The summed E-state index contributed by atoms with van der Waals surface area (Å²) in [5.41, 5.74) is 2.58. The van der Waals surface area contributed by atoms with E-state index in [0.29, 0.717) is 17.1 Å². The van der Waals surface area contributed by atoms with Gasteiger partial charge >= 0.3 is 0 Å². The van der Waals surface area contributed by atoms with Crippen molar-refractivity contribution in [3.05, 3.63) is 89.1 Å². The summed E-state index contributed by atoms with van der Waals surface area (Å²) in [7, 11) is 0. The molecular formula is C22H22FNO3. The van der Waals surface area contributed by atoms with E-state index in [0.717, 1.165) is 11.1 Å². The van der Waals surface area contributed by atoms with Gasteiger partial charge in [0.05, 0.1) is 12.8 Å². The van der Waals surface area contributed by atoms with Crippen molar-refractivity contribution in [3.63, 3.8) is 0 Å². The Labute approximate surface area is 158 Å². The Hall–Kier alpha value is -3.08. The Morgan fingerprint density at radius 3 is 2.44 bits per heavy atom. The van der Waals surface area contributed by atoms with Crippen LogP contribution in [0.4, 0.5) is 4.39 Å². The molecule has 3 rings (SSSR count). The van der Waals surface area contributed by atoms with Gasteiger partial charge in [-0.3, -0.25) is 4.79 Å². The quantitative estimate of drug-likeness (QED) is 0.611. The van der Waals surface area contributed by atoms with Crippen molar-refractivity contribution in [2.45, 2.75) is 26.9 Å². The number of carbonyl (C=O) groups excluding carboxylic acids is 1. The molecule has 27 heavy (non-hydrogen) atoms. The summed E-state index contributed by atoms with van der Waals surface area (Å²) in [4.78, 5) is 14.3. The number of furan rings is 1.